The highest BCUT2D eigenvalue weighted by molar-refractivity contribution is 7.99. The van der Waals surface area contributed by atoms with Gasteiger partial charge in [-0.25, -0.2) is 15.0 Å². The summed E-state index contributed by atoms with van der Waals surface area (Å²) in [6.07, 6.45) is -3.71. The highest BCUT2D eigenvalue weighted by Crippen LogP contribution is 2.33. The number of thioether (sulfide) groups is 1. The molecule has 1 amide bonds. The minimum atomic E-state index is -4.49. The average Bonchev–Trinajstić information content (AvgIpc) is 2.65. The minimum absolute atomic E-state index is 0.0381. The predicted octanol–water partition coefficient (Wildman–Crippen LogP) is 3.60. The van der Waals surface area contributed by atoms with Gasteiger partial charge < -0.3 is 9.80 Å². The maximum atomic E-state index is 12.8. The van der Waals surface area contributed by atoms with Crippen LogP contribution in [0.15, 0.2) is 23.5 Å². The second-order valence-corrected chi connectivity index (χ2v) is 7.97. The smallest absolute Gasteiger partial charge is 0.352 e. The normalized spacial score (nSPS) is 15.0. The van der Waals surface area contributed by atoms with Gasteiger partial charge in [0.1, 0.15) is 5.82 Å². The van der Waals surface area contributed by atoms with Gasteiger partial charge in [0.05, 0.1) is 16.3 Å². The van der Waals surface area contributed by atoms with Gasteiger partial charge in [0.2, 0.25) is 5.91 Å². The molecule has 0 N–H and O–H groups in total. The topological polar surface area (TPSA) is 62.2 Å². The van der Waals surface area contributed by atoms with Gasteiger partial charge in [-0.05, 0) is 26.0 Å². The number of rotatable bonds is 4. The van der Waals surface area contributed by atoms with Gasteiger partial charge in [-0.2, -0.15) is 13.2 Å². The van der Waals surface area contributed by atoms with Crippen LogP contribution in [0.5, 0.6) is 0 Å². The Morgan fingerprint density at radius 2 is 1.76 bits per heavy atom. The first kappa shape index (κ1) is 21.6. The second-order valence-electron chi connectivity index (χ2n) is 6.62. The molecule has 0 aliphatic carbocycles. The monoisotopic (exact) mass is 445 g/mol. The Morgan fingerprint density at radius 1 is 1.14 bits per heavy atom. The Morgan fingerprint density at radius 3 is 2.31 bits per heavy atom. The zero-order valence-corrected chi connectivity index (χ0v) is 17.4. The summed E-state index contributed by atoms with van der Waals surface area (Å²) in [5.41, 5.74) is 0.815. The maximum Gasteiger partial charge on any atom is 0.417 e. The quantitative estimate of drug-likeness (QED) is 0.529. The molecule has 2 aromatic rings. The number of carbonyl (C=O) groups excluding carboxylic acids is 1. The van der Waals surface area contributed by atoms with Crippen molar-refractivity contribution in [3.8, 4) is 0 Å². The molecule has 0 aromatic carbocycles. The molecule has 1 aliphatic heterocycles. The van der Waals surface area contributed by atoms with Gasteiger partial charge in [-0.15, -0.1) is 0 Å². The van der Waals surface area contributed by atoms with Crippen molar-refractivity contribution >= 4 is 35.1 Å². The molecule has 2 aromatic heterocycles. The van der Waals surface area contributed by atoms with Gasteiger partial charge >= 0.3 is 6.18 Å². The van der Waals surface area contributed by atoms with E-state index in [1.165, 1.54) is 11.8 Å². The zero-order valence-electron chi connectivity index (χ0n) is 15.8. The number of hydrogen-bond donors (Lipinski definition) is 0. The lowest BCUT2D eigenvalue weighted by Gasteiger charge is -2.35. The van der Waals surface area contributed by atoms with E-state index in [9.17, 15) is 18.0 Å². The van der Waals surface area contributed by atoms with Crippen molar-refractivity contribution in [2.75, 3.05) is 36.8 Å². The van der Waals surface area contributed by atoms with E-state index in [1.54, 1.807) is 9.80 Å². The number of nitrogens with zero attached hydrogens (tertiary/aromatic N) is 5. The van der Waals surface area contributed by atoms with Crippen LogP contribution in [0.4, 0.5) is 19.0 Å². The molecule has 0 radical (unpaired) electrons. The molecule has 0 spiro atoms. The largest absolute Gasteiger partial charge is 0.417 e. The van der Waals surface area contributed by atoms with E-state index >= 15 is 0 Å². The number of aromatic nitrogens is 3. The van der Waals surface area contributed by atoms with Gasteiger partial charge in [-0.3, -0.25) is 4.79 Å². The number of alkyl halides is 3. The van der Waals surface area contributed by atoms with Gasteiger partial charge in [0.25, 0.3) is 0 Å². The summed E-state index contributed by atoms with van der Waals surface area (Å²) >= 11 is 7.30. The minimum Gasteiger partial charge on any atom is -0.352 e. The molecule has 1 fully saturated rings. The van der Waals surface area contributed by atoms with Crippen LogP contribution in [0.3, 0.4) is 0 Å². The van der Waals surface area contributed by atoms with E-state index in [4.69, 9.17) is 11.6 Å². The summed E-state index contributed by atoms with van der Waals surface area (Å²) in [6, 6.07) is 2.74. The third-order valence-electron chi connectivity index (χ3n) is 4.37. The Bertz CT molecular complexity index is 883. The predicted molar refractivity (Wildman–Crippen MR) is 105 cm³/mol. The summed E-state index contributed by atoms with van der Waals surface area (Å²) in [4.78, 5) is 28.5. The van der Waals surface area contributed by atoms with Gasteiger partial charge in [-0.1, -0.05) is 23.4 Å². The van der Waals surface area contributed by atoms with Crippen molar-refractivity contribution in [2.45, 2.75) is 25.2 Å². The van der Waals surface area contributed by atoms with Crippen molar-refractivity contribution in [3.63, 3.8) is 0 Å². The van der Waals surface area contributed by atoms with Crippen molar-refractivity contribution < 1.29 is 18.0 Å². The standard InChI is InChI=1S/C18H19ClF3N5OS/c1-11-7-12(2)25-17(24-11)29-10-15(28)26-3-5-27(6-4-26)16-14(19)8-13(9-23-16)18(20,21)22/h7-9H,3-6,10H2,1-2H3. The molecule has 0 bridgehead atoms. The number of aryl methyl sites for hydroxylation is 2. The lowest BCUT2D eigenvalue weighted by molar-refractivity contribution is -0.137. The van der Waals surface area contributed by atoms with Crippen LogP contribution in [-0.2, 0) is 11.0 Å². The molecule has 3 rings (SSSR count). The van der Waals surface area contributed by atoms with Crippen LogP contribution in [0.25, 0.3) is 0 Å². The molecule has 156 valence electrons. The number of halogens is 4. The molecule has 11 heteroatoms. The Labute approximate surface area is 175 Å². The zero-order chi connectivity index (χ0) is 21.2. The molecular weight excluding hydrogens is 427 g/mol. The fourth-order valence-electron chi connectivity index (χ4n) is 2.96. The van der Waals surface area contributed by atoms with Crippen LogP contribution in [-0.4, -0.2) is 57.7 Å². The third-order valence-corrected chi connectivity index (χ3v) is 5.48. The molecule has 0 saturated carbocycles. The van der Waals surface area contributed by atoms with Crippen LogP contribution in [0, 0.1) is 13.8 Å². The van der Waals surface area contributed by atoms with Crippen LogP contribution in [0.1, 0.15) is 17.0 Å². The van der Waals surface area contributed by atoms with Crippen LogP contribution < -0.4 is 4.90 Å². The number of piperazine rings is 1. The van der Waals surface area contributed by atoms with Crippen molar-refractivity contribution in [1.82, 2.24) is 19.9 Å². The third kappa shape index (κ3) is 5.51. The molecule has 1 saturated heterocycles. The molecule has 0 unspecified atom stereocenters. The van der Waals surface area contributed by atoms with Crippen molar-refractivity contribution in [1.29, 1.82) is 0 Å². The Kier molecular flexibility index (Phi) is 6.52. The average molecular weight is 446 g/mol. The fraction of sp³-hybridized carbons (Fsp3) is 0.444. The number of pyridine rings is 1. The summed E-state index contributed by atoms with van der Waals surface area (Å²) in [6.45, 7) is 5.50. The van der Waals surface area contributed by atoms with Gasteiger partial charge in [0.15, 0.2) is 5.16 Å². The summed E-state index contributed by atoms with van der Waals surface area (Å²) in [7, 11) is 0. The Balaban J connectivity index is 1.55. The Hall–Kier alpha value is -2.07. The van der Waals surface area contributed by atoms with Crippen LogP contribution >= 0.6 is 23.4 Å². The first-order chi connectivity index (χ1) is 13.6. The number of amides is 1. The van der Waals surface area contributed by atoms with E-state index < -0.39 is 11.7 Å². The highest BCUT2D eigenvalue weighted by Gasteiger charge is 2.32. The molecule has 29 heavy (non-hydrogen) atoms. The fourth-order valence-corrected chi connectivity index (χ4v) is 4.10. The van der Waals surface area contributed by atoms with E-state index in [2.05, 4.69) is 15.0 Å². The van der Waals surface area contributed by atoms with E-state index in [1.807, 2.05) is 19.9 Å². The molecule has 0 atom stereocenters. The SMILES string of the molecule is Cc1cc(C)nc(SCC(=O)N2CCN(c3ncc(C(F)(F)F)cc3Cl)CC2)n1. The number of anilines is 1. The summed E-state index contributed by atoms with van der Waals surface area (Å²) in [5.74, 6) is 0.482. The molecule has 6 nitrogen and oxygen atoms in total. The number of hydrogen-bond acceptors (Lipinski definition) is 6. The van der Waals surface area contributed by atoms with E-state index in [0.717, 1.165) is 23.7 Å². The van der Waals surface area contributed by atoms with Crippen molar-refractivity contribution in [2.24, 2.45) is 0 Å². The summed E-state index contributed by atoms with van der Waals surface area (Å²) < 4.78 is 38.3. The first-order valence-electron chi connectivity index (χ1n) is 8.84. The lowest BCUT2D eigenvalue weighted by Crippen LogP contribution is -2.49. The number of carbonyl (C=O) groups is 1. The van der Waals surface area contributed by atoms with Crippen LogP contribution in [0.2, 0.25) is 5.02 Å². The molecule has 1 aliphatic rings. The van der Waals surface area contributed by atoms with Crippen molar-refractivity contribution in [3.05, 3.63) is 40.3 Å². The summed E-state index contributed by atoms with van der Waals surface area (Å²) in [5, 5.41) is 0.511. The lowest BCUT2D eigenvalue weighted by atomic mass is 10.2. The highest BCUT2D eigenvalue weighted by atomic mass is 35.5. The van der Waals surface area contributed by atoms with E-state index in [0.29, 0.717) is 37.2 Å². The van der Waals surface area contributed by atoms with Gasteiger partial charge in [0, 0.05) is 43.8 Å². The molecule has 3 heterocycles. The maximum absolute atomic E-state index is 12.8. The first-order valence-corrected chi connectivity index (χ1v) is 10.2. The molecular formula is C18H19ClF3N5OS. The second kappa shape index (κ2) is 8.74. The van der Waals surface area contributed by atoms with E-state index in [-0.39, 0.29) is 16.7 Å².